The zero-order valence-electron chi connectivity index (χ0n) is 19.5. The molecular formula is C27H26N4O3S. The molecule has 2 amide bonds. The summed E-state index contributed by atoms with van der Waals surface area (Å²) in [6, 6.07) is 17.2. The molecule has 178 valence electrons. The molecule has 0 aliphatic carbocycles. The lowest BCUT2D eigenvalue weighted by atomic mass is 10.1. The highest BCUT2D eigenvalue weighted by Crippen LogP contribution is 2.30. The molecule has 2 atom stereocenters. The van der Waals surface area contributed by atoms with Gasteiger partial charge in [0.15, 0.2) is 5.82 Å². The number of aryl methyl sites for hydroxylation is 1. The summed E-state index contributed by atoms with van der Waals surface area (Å²) in [5.74, 6) is -0.0486. The number of carbonyl (C=O) groups excluding carboxylic acids is 2. The average molecular weight is 487 g/mol. The molecule has 7 nitrogen and oxygen atoms in total. The van der Waals surface area contributed by atoms with E-state index in [4.69, 9.17) is 4.74 Å². The minimum atomic E-state index is -0.257. The Morgan fingerprint density at radius 1 is 1.06 bits per heavy atom. The second kappa shape index (κ2) is 9.85. The third-order valence-corrected chi connectivity index (χ3v) is 7.18. The van der Waals surface area contributed by atoms with Crippen molar-refractivity contribution < 1.29 is 14.3 Å². The number of para-hydroxylation sites is 1. The first-order valence-corrected chi connectivity index (χ1v) is 12.4. The first-order valence-electron chi connectivity index (χ1n) is 11.5. The van der Waals surface area contributed by atoms with Crippen LogP contribution >= 0.6 is 11.3 Å². The van der Waals surface area contributed by atoms with Crippen LogP contribution in [0.1, 0.15) is 39.6 Å². The van der Waals surface area contributed by atoms with Crippen molar-refractivity contribution in [3.63, 3.8) is 0 Å². The summed E-state index contributed by atoms with van der Waals surface area (Å²) in [6.07, 6.45) is 2.24. The Morgan fingerprint density at radius 2 is 1.86 bits per heavy atom. The second-order valence-electron chi connectivity index (χ2n) is 8.60. The number of carbonyl (C=O) groups is 2. The maximum absolute atomic E-state index is 13.3. The predicted molar refractivity (Wildman–Crippen MR) is 140 cm³/mol. The van der Waals surface area contributed by atoms with Crippen molar-refractivity contribution in [2.24, 2.45) is 0 Å². The monoisotopic (exact) mass is 486 g/mol. The number of nitrogens with zero attached hydrogens (tertiary/aromatic N) is 1. The molecule has 0 spiro atoms. The molecule has 0 unspecified atom stereocenters. The molecule has 4 aromatic rings. The van der Waals surface area contributed by atoms with Gasteiger partial charge in [-0.3, -0.25) is 9.59 Å². The molecule has 1 aliphatic rings. The molecule has 35 heavy (non-hydrogen) atoms. The summed E-state index contributed by atoms with van der Waals surface area (Å²) in [5, 5.41) is 12.0. The summed E-state index contributed by atoms with van der Waals surface area (Å²) >= 11 is 1.52. The molecule has 0 radical (unpaired) electrons. The lowest BCUT2D eigenvalue weighted by Crippen LogP contribution is -2.39. The summed E-state index contributed by atoms with van der Waals surface area (Å²) in [6.45, 7) is 4.56. The average Bonchev–Trinajstić information content (AvgIpc) is 3.47. The maximum Gasteiger partial charge on any atom is 0.257 e. The van der Waals surface area contributed by atoms with E-state index in [9.17, 15) is 9.59 Å². The molecule has 0 saturated carbocycles. The van der Waals surface area contributed by atoms with Gasteiger partial charge in [0.25, 0.3) is 11.8 Å². The van der Waals surface area contributed by atoms with Gasteiger partial charge >= 0.3 is 0 Å². The first-order chi connectivity index (χ1) is 17.0. The van der Waals surface area contributed by atoms with Crippen molar-refractivity contribution >= 4 is 50.4 Å². The number of benzene rings is 2. The molecule has 1 aliphatic heterocycles. The molecule has 0 bridgehead atoms. The molecule has 8 heteroatoms. The Bertz CT molecular complexity index is 1400. The van der Waals surface area contributed by atoms with Crippen LogP contribution in [-0.4, -0.2) is 35.6 Å². The summed E-state index contributed by atoms with van der Waals surface area (Å²) < 4.78 is 6.59. The highest BCUT2D eigenvalue weighted by Gasteiger charge is 2.26. The van der Waals surface area contributed by atoms with E-state index < -0.39 is 0 Å². The van der Waals surface area contributed by atoms with Crippen LogP contribution in [0.25, 0.3) is 10.1 Å². The largest absolute Gasteiger partial charge is 0.376 e. The van der Waals surface area contributed by atoms with Crippen LogP contribution in [-0.2, 0) is 4.74 Å². The van der Waals surface area contributed by atoms with Crippen LogP contribution in [0, 0.1) is 6.92 Å². The zero-order valence-corrected chi connectivity index (χ0v) is 20.3. The van der Waals surface area contributed by atoms with Gasteiger partial charge in [0.1, 0.15) is 0 Å². The predicted octanol–water partition coefficient (Wildman–Crippen LogP) is 5.51. The van der Waals surface area contributed by atoms with Crippen molar-refractivity contribution in [3.05, 3.63) is 82.9 Å². The summed E-state index contributed by atoms with van der Waals surface area (Å²) in [5.41, 5.74) is 3.28. The number of thiophene rings is 1. The van der Waals surface area contributed by atoms with Gasteiger partial charge in [-0.2, -0.15) is 0 Å². The Hall–Kier alpha value is -3.75. The number of aromatic nitrogens is 1. The Labute approximate surface area is 207 Å². The van der Waals surface area contributed by atoms with E-state index in [1.54, 1.807) is 6.07 Å². The number of ether oxygens (including phenoxy) is 1. The molecule has 3 N–H and O–H groups in total. The molecule has 2 aromatic heterocycles. The number of hydrogen-bond donors (Lipinski definition) is 3. The minimum absolute atomic E-state index is 0.0417. The quantitative estimate of drug-likeness (QED) is 0.334. The third kappa shape index (κ3) is 4.89. The van der Waals surface area contributed by atoms with Gasteiger partial charge in [-0.25, -0.2) is 4.98 Å². The van der Waals surface area contributed by atoms with E-state index in [1.165, 1.54) is 17.5 Å². The number of amides is 2. The maximum atomic E-state index is 13.3. The number of rotatable bonds is 6. The van der Waals surface area contributed by atoms with Crippen LogP contribution in [0.2, 0.25) is 0 Å². The fourth-order valence-electron chi connectivity index (χ4n) is 4.14. The molecule has 1 fully saturated rings. The van der Waals surface area contributed by atoms with E-state index >= 15 is 0 Å². The highest BCUT2D eigenvalue weighted by molar-refractivity contribution is 7.17. The normalized spacial score (nSPS) is 17.3. The standard InChI is InChI=1S/C27H26N4O3S/c1-16-7-3-5-9-21(16)29-25-23(31-27(33)20-15-35-24-10-6-4-8-19(20)24)13-18(14-28-25)26(32)30-22-11-12-34-17(22)2/h3-10,13-15,17,22H,11-12H2,1-2H3,(H,28,29)(H,30,32)(H,31,33)/t17-,22-/m1/s1. The number of pyridine rings is 1. The van der Waals surface area contributed by atoms with E-state index in [1.807, 2.05) is 67.8 Å². The highest BCUT2D eigenvalue weighted by atomic mass is 32.1. The topological polar surface area (TPSA) is 92.3 Å². The van der Waals surface area contributed by atoms with Crippen LogP contribution in [0.15, 0.2) is 66.2 Å². The molecule has 1 saturated heterocycles. The van der Waals surface area contributed by atoms with Gasteiger partial charge in [0.2, 0.25) is 0 Å². The van der Waals surface area contributed by atoms with E-state index in [2.05, 4.69) is 20.9 Å². The van der Waals surface area contributed by atoms with Gasteiger partial charge in [0, 0.05) is 34.0 Å². The van der Waals surface area contributed by atoms with Crippen molar-refractivity contribution in [2.45, 2.75) is 32.4 Å². The van der Waals surface area contributed by atoms with Crippen molar-refractivity contribution in [1.29, 1.82) is 0 Å². The van der Waals surface area contributed by atoms with E-state index in [-0.39, 0.29) is 24.0 Å². The fraction of sp³-hybridized carbons (Fsp3) is 0.222. The van der Waals surface area contributed by atoms with E-state index in [0.29, 0.717) is 29.2 Å². The Balaban J connectivity index is 1.46. The Morgan fingerprint density at radius 3 is 2.66 bits per heavy atom. The molecule has 5 rings (SSSR count). The number of anilines is 3. The molecule has 2 aromatic carbocycles. The van der Waals surface area contributed by atoms with Crippen molar-refractivity contribution in [2.75, 3.05) is 17.2 Å². The fourth-order valence-corrected chi connectivity index (χ4v) is 5.08. The van der Waals surface area contributed by atoms with Crippen LogP contribution in [0.5, 0.6) is 0 Å². The lowest BCUT2D eigenvalue weighted by Gasteiger charge is -2.18. The molecular weight excluding hydrogens is 460 g/mol. The van der Waals surface area contributed by atoms with E-state index in [0.717, 1.165) is 27.8 Å². The lowest BCUT2D eigenvalue weighted by molar-refractivity contribution is 0.0865. The van der Waals surface area contributed by atoms with Gasteiger partial charge in [0.05, 0.1) is 29.0 Å². The van der Waals surface area contributed by atoms with Crippen molar-refractivity contribution in [3.8, 4) is 0 Å². The third-order valence-electron chi connectivity index (χ3n) is 6.21. The zero-order chi connectivity index (χ0) is 24.4. The van der Waals surface area contributed by atoms with Gasteiger partial charge in [-0.05, 0) is 44.0 Å². The minimum Gasteiger partial charge on any atom is -0.376 e. The number of hydrogen-bond acceptors (Lipinski definition) is 6. The van der Waals surface area contributed by atoms with Crippen LogP contribution in [0.3, 0.4) is 0 Å². The first kappa shape index (κ1) is 23.0. The number of fused-ring (bicyclic) bond motifs is 1. The summed E-state index contributed by atoms with van der Waals surface area (Å²) in [7, 11) is 0. The Kier molecular flexibility index (Phi) is 6.48. The molecule has 3 heterocycles. The van der Waals surface area contributed by atoms with Crippen LogP contribution < -0.4 is 16.0 Å². The van der Waals surface area contributed by atoms with Crippen LogP contribution in [0.4, 0.5) is 17.2 Å². The van der Waals surface area contributed by atoms with Gasteiger partial charge in [-0.15, -0.1) is 11.3 Å². The van der Waals surface area contributed by atoms with Gasteiger partial charge in [-0.1, -0.05) is 36.4 Å². The van der Waals surface area contributed by atoms with Crippen molar-refractivity contribution in [1.82, 2.24) is 10.3 Å². The smallest absolute Gasteiger partial charge is 0.257 e. The summed E-state index contributed by atoms with van der Waals surface area (Å²) in [4.78, 5) is 30.8. The SMILES string of the molecule is Cc1ccccc1Nc1ncc(C(=O)N[C@@H]2CCO[C@@H]2C)cc1NC(=O)c1csc2ccccc12. The number of nitrogens with one attached hydrogen (secondary N) is 3. The second-order valence-corrected chi connectivity index (χ2v) is 9.52. The van der Waals surface area contributed by atoms with Gasteiger partial charge < -0.3 is 20.7 Å².